The molecule has 8 heteroatoms. The molecule has 0 heterocycles. The summed E-state index contributed by atoms with van der Waals surface area (Å²) in [6, 6.07) is 5.79. The summed E-state index contributed by atoms with van der Waals surface area (Å²) >= 11 is 0. The third kappa shape index (κ3) is 6.97. The van der Waals surface area contributed by atoms with Crippen LogP contribution in [-0.4, -0.2) is 58.2 Å². The predicted octanol–water partition coefficient (Wildman–Crippen LogP) is 0.392. The van der Waals surface area contributed by atoms with Crippen LogP contribution in [0, 0.1) is 5.82 Å². The number of hydrogen-bond acceptors (Lipinski definition) is 4. The molecule has 1 aromatic rings. The van der Waals surface area contributed by atoms with Gasteiger partial charge in [-0.25, -0.2) is 12.8 Å². The molecule has 0 aliphatic rings. The fraction of sp³-hybridized carbons (Fsp3) is 0.500. The van der Waals surface area contributed by atoms with E-state index in [4.69, 9.17) is 4.74 Å². The summed E-state index contributed by atoms with van der Waals surface area (Å²) in [5.41, 5.74) is 0.567. The van der Waals surface area contributed by atoms with Gasteiger partial charge in [0.25, 0.3) is 0 Å². The predicted molar refractivity (Wildman–Crippen MR) is 81.4 cm³/mol. The van der Waals surface area contributed by atoms with Crippen molar-refractivity contribution in [1.82, 2.24) is 9.62 Å². The zero-order valence-electron chi connectivity index (χ0n) is 12.7. The Hall–Kier alpha value is -1.51. The standard InChI is InChI=1S/C14H21FN2O4S/c1-21-9-8-17(22(2,19)20)7-6-16-14(18)11-12-4-3-5-13(15)10-12/h3-5,10H,6-9,11H2,1-2H3,(H,16,18). The molecule has 0 spiro atoms. The Morgan fingerprint density at radius 1 is 1.36 bits per heavy atom. The first-order chi connectivity index (χ1) is 10.3. The van der Waals surface area contributed by atoms with Crippen LogP contribution >= 0.6 is 0 Å². The summed E-state index contributed by atoms with van der Waals surface area (Å²) in [5, 5.41) is 2.62. The quantitative estimate of drug-likeness (QED) is 0.710. The van der Waals surface area contributed by atoms with Crippen molar-refractivity contribution in [2.75, 3.05) is 39.6 Å². The molecule has 0 unspecified atom stereocenters. The fourth-order valence-electron chi connectivity index (χ4n) is 1.85. The molecule has 22 heavy (non-hydrogen) atoms. The molecule has 1 amide bonds. The van der Waals surface area contributed by atoms with E-state index in [1.807, 2.05) is 0 Å². The van der Waals surface area contributed by atoms with Crippen LogP contribution in [-0.2, 0) is 26.0 Å². The van der Waals surface area contributed by atoms with Gasteiger partial charge in [0.1, 0.15) is 5.82 Å². The number of benzene rings is 1. The van der Waals surface area contributed by atoms with E-state index < -0.39 is 15.8 Å². The molecule has 1 N–H and O–H groups in total. The van der Waals surface area contributed by atoms with Crippen molar-refractivity contribution in [3.8, 4) is 0 Å². The highest BCUT2D eigenvalue weighted by Crippen LogP contribution is 2.04. The first-order valence-corrected chi connectivity index (χ1v) is 8.63. The van der Waals surface area contributed by atoms with Gasteiger partial charge in [0.2, 0.25) is 15.9 Å². The van der Waals surface area contributed by atoms with Crippen LogP contribution in [0.1, 0.15) is 5.56 Å². The minimum Gasteiger partial charge on any atom is -0.383 e. The normalized spacial score (nSPS) is 11.6. The summed E-state index contributed by atoms with van der Waals surface area (Å²) in [6.45, 7) is 0.863. The van der Waals surface area contributed by atoms with Gasteiger partial charge in [-0.15, -0.1) is 0 Å². The third-order valence-corrected chi connectivity index (χ3v) is 4.25. The van der Waals surface area contributed by atoms with Crippen LogP contribution in [0.3, 0.4) is 0 Å². The van der Waals surface area contributed by atoms with Crippen LogP contribution in [0.2, 0.25) is 0 Å². The summed E-state index contributed by atoms with van der Waals surface area (Å²) in [7, 11) is -1.86. The maximum atomic E-state index is 13.0. The number of carbonyl (C=O) groups excluding carboxylic acids is 1. The van der Waals surface area contributed by atoms with Gasteiger partial charge >= 0.3 is 0 Å². The lowest BCUT2D eigenvalue weighted by molar-refractivity contribution is -0.120. The van der Waals surface area contributed by atoms with E-state index in [0.717, 1.165) is 6.26 Å². The topological polar surface area (TPSA) is 75.7 Å². The smallest absolute Gasteiger partial charge is 0.224 e. The average molecular weight is 332 g/mol. The minimum absolute atomic E-state index is 0.0503. The molecule has 124 valence electrons. The van der Waals surface area contributed by atoms with E-state index in [1.54, 1.807) is 6.07 Å². The maximum Gasteiger partial charge on any atom is 0.224 e. The molecule has 0 bridgehead atoms. The third-order valence-electron chi connectivity index (χ3n) is 2.95. The molecule has 0 saturated heterocycles. The first kappa shape index (κ1) is 18.5. The second-order valence-corrected chi connectivity index (χ2v) is 6.79. The van der Waals surface area contributed by atoms with Crippen molar-refractivity contribution in [1.29, 1.82) is 0 Å². The van der Waals surface area contributed by atoms with E-state index in [2.05, 4.69) is 5.32 Å². The molecule has 6 nitrogen and oxygen atoms in total. The van der Waals surface area contributed by atoms with E-state index >= 15 is 0 Å². The van der Waals surface area contributed by atoms with Gasteiger partial charge in [-0.2, -0.15) is 4.31 Å². The lowest BCUT2D eigenvalue weighted by Crippen LogP contribution is -2.40. The number of halogens is 1. The van der Waals surface area contributed by atoms with Gasteiger partial charge < -0.3 is 10.1 Å². The molecule has 1 aromatic carbocycles. The number of amides is 1. The molecule has 0 aliphatic heterocycles. The Kier molecular flexibility index (Phi) is 7.43. The van der Waals surface area contributed by atoms with Crippen molar-refractivity contribution in [3.05, 3.63) is 35.6 Å². The summed E-state index contributed by atoms with van der Waals surface area (Å²) in [5.74, 6) is -0.682. The van der Waals surface area contributed by atoms with E-state index in [-0.39, 0.29) is 38.6 Å². The second-order valence-electron chi connectivity index (χ2n) is 4.81. The largest absolute Gasteiger partial charge is 0.383 e. The van der Waals surface area contributed by atoms with Gasteiger partial charge in [-0.1, -0.05) is 12.1 Å². The maximum absolute atomic E-state index is 13.0. The highest BCUT2D eigenvalue weighted by molar-refractivity contribution is 7.88. The first-order valence-electron chi connectivity index (χ1n) is 6.78. The van der Waals surface area contributed by atoms with E-state index in [0.29, 0.717) is 5.56 Å². The molecule has 0 saturated carbocycles. The van der Waals surface area contributed by atoms with Crippen LogP contribution in [0.25, 0.3) is 0 Å². The number of nitrogens with zero attached hydrogens (tertiary/aromatic N) is 1. The molecular weight excluding hydrogens is 311 g/mol. The Morgan fingerprint density at radius 3 is 2.68 bits per heavy atom. The Morgan fingerprint density at radius 2 is 2.09 bits per heavy atom. The minimum atomic E-state index is -3.35. The molecule has 1 rings (SSSR count). The number of rotatable bonds is 9. The molecule has 0 aromatic heterocycles. The van der Waals surface area contributed by atoms with Gasteiger partial charge in [0.15, 0.2) is 0 Å². The molecular formula is C14H21FN2O4S. The second kappa shape index (κ2) is 8.82. The van der Waals surface area contributed by atoms with Crippen LogP contribution in [0.5, 0.6) is 0 Å². The summed E-state index contributed by atoms with van der Waals surface area (Å²) < 4.78 is 42.2. The summed E-state index contributed by atoms with van der Waals surface area (Å²) in [4.78, 5) is 11.7. The van der Waals surface area contributed by atoms with Crippen LogP contribution < -0.4 is 5.32 Å². The Bertz CT molecular complexity index is 592. The van der Waals surface area contributed by atoms with Gasteiger partial charge in [-0.3, -0.25) is 4.79 Å². The number of ether oxygens (including phenoxy) is 1. The number of hydrogen-bond donors (Lipinski definition) is 1. The SMILES string of the molecule is COCCN(CCNC(=O)Cc1cccc(F)c1)S(C)(=O)=O. The molecule has 0 fully saturated rings. The zero-order valence-corrected chi connectivity index (χ0v) is 13.5. The van der Waals surface area contributed by atoms with E-state index in [1.165, 1.54) is 29.6 Å². The fourth-order valence-corrected chi connectivity index (χ4v) is 2.68. The Balaban J connectivity index is 2.42. The zero-order chi connectivity index (χ0) is 16.6. The lowest BCUT2D eigenvalue weighted by Gasteiger charge is -2.19. The number of nitrogens with one attached hydrogen (secondary N) is 1. The van der Waals surface area contributed by atoms with Gasteiger partial charge in [-0.05, 0) is 17.7 Å². The number of methoxy groups -OCH3 is 1. The molecule has 0 atom stereocenters. The average Bonchev–Trinajstić information content (AvgIpc) is 2.41. The van der Waals surface area contributed by atoms with Crippen LogP contribution in [0.4, 0.5) is 4.39 Å². The van der Waals surface area contributed by atoms with Crippen molar-refractivity contribution >= 4 is 15.9 Å². The summed E-state index contributed by atoms with van der Waals surface area (Å²) in [6.07, 6.45) is 1.16. The van der Waals surface area contributed by atoms with Gasteiger partial charge in [0.05, 0.1) is 19.3 Å². The molecule has 0 radical (unpaired) electrons. The van der Waals surface area contributed by atoms with Crippen molar-refractivity contribution in [2.24, 2.45) is 0 Å². The molecule has 0 aliphatic carbocycles. The van der Waals surface area contributed by atoms with Crippen molar-refractivity contribution in [2.45, 2.75) is 6.42 Å². The van der Waals surface area contributed by atoms with Gasteiger partial charge in [0, 0.05) is 26.7 Å². The van der Waals surface area contributed by atoms with E-state index in [9.17, 15) is 17.6 Å². The highest BCUT2D eigenvalue weighted by atomic mass is 32.2. The van der Waals surface area contributed by atoms with Crippen LogP contribution in [0.15, 0.2) is 24.3 Å². The van der Waals surface area contributed by atoms with Crippen molar-refractivity contribution < 1.29 is 22.3 Å². The van der Waals surface area contributed by atoms with Crippen molar-refractivity contribution in [3.63, 3.8) is 0 Å². The Labute approximate surface area is 130 Å². The highest BCUT2D eigenvalue weighted by Gasteiger charge is 2.16. The number of carbonyl (C=O) groups is 1. The lowest BCUT2D eigenvalue weighted by atomic mass is 10.1. The number of sulfonamides is 1. The monoisotopic (exact) mass is 332 g/mol.